The number of hydrogen-bond acceptors (Lipinski definition) is 4. The summed E-state index contributed by atoms with van der Waals surface area (Å²) < 4.78 is 3.93. The zero-order valence-corrected chi connectivity index (χ0v) is 14.4. The molecule has 1 saturated heterocycles. The molecule has 6 nitrogen and oxygen atoms in total. The van der Waals surface area contributed by atoms with Gasteiger partial charge in [-0.1, -0.05) is 0 Å². The molecule has 23 heavy (non-hydrogen) atoms. The van der Waals surface area contributed by atoms with E-state index < -0.39 is 0 Å². The van der Waals surface area contributed by atoms with Gasteiger partial charge in [0.25, 0.3) is 0 Å². The molecule has 0 bridgehead atoms. The number of likely N-dealkylation sites (tertiary alicyclic amines) is 1. The van der Waals surface area contributed by atoms with Crippen molar-refractivity contribution in [3.63, 3.8) is 0 Å². The summed E-state index contributed by atoms with van der Waals surface area (Å²) in [6.07, 6.45) is 4.26. The third-order valence-corrected chi connectivity index (χ3v) is 5.09. The molecule has 6 heteroatoms. The molecule has 1 fully saturated rings. The van der Waals surface area contributed by atoms with E-state index in [-0.39, 0.29) is 6.61 Å². The zero-order valence-electron chi connectivity index (χ0n) is 14.4. The smallest absolute Gasteiger partial charge is 0.0644 e. The molecule has 1 N–H and O–H groups in total. The van der Waals surface area contributed by atoms with E-state index in [1.807, 2.05) is 22.6 Å². The van der Waals surface area contributed by atoms with Gasteiger partial charge in [0.05, 0.1) is 18.8 Å². The second kappa shape index (κ2) is 6.84. The Morgan fingerprint density at radius 2 is 2.00 bits per heavy atom. The number of rotatable bonds is 5. The lowest BCUT2D eigenvalue weighted by molar-refractivity contribution is 0.201. The van der Waals surface area contributed by atoms with Crippen molar-refractivity contribution in [2.75, 3.05) is 19.7 Å². The van der Waals surface area contributed by atoms with Crippen LogP contribution in [-0.2, 0) is 20.1 Å². The molecule has 3 rings (SSSR count). The molecule has 3 heterocycles. The summed E-state index contributed by atoms with van der Waals surface area (Å²) in [5.74, 6) is 0.623. The van der Waals surface area contributed by atoms with Crippen LogP contribution < -0.4 is 0 Å². The standard InChI is InChI=1S/C17H27N5O/c1-13-16(14(2)22(19-13)10-11-23)12-21-8-5-15(6-9-21)17-4-7-18-20(17)3/h4,7,15,23H,5-6,8-12H2,1-3H3. The molecular formula is C17H27N5O. The van der Waals surface area contributed by atoms with E-state index in [0.29, 0.717) is 12.5 Å². The summed E-state index contributed by atoms with van der Waals surface area (Å²) in [5.41, 5.74) is 4.94. The Balaban J connectivity index is 1.62. The van der Waals surface area contributed by atoms with Crippen molar-refractivity contribution in [3.8, 4) is 0 Å². The molecule has 0 saturated carbocycles. The Kier molecular flexibility index (Phi) is 4.82. The summed E-state index contributed by atoms with van der Waals surface area (Å²) in [7, 11) is 2.03. The van der Waals surface area contributed by atoms with Gasteiger partial charge in [-0.25, -0.2) is 0 Å². The number of aryl methyl sites for hydroxylation is 2. The summed E-state index contributed by atoms with van der Waals surface area (Å²) in [5, 5.41) is 18.0. The minimum Gasteiger partial charge on any atom is -0.394 e. The maximum absolute atomic E-state index is 9.13. The predicted molar refractivity (Wildman–Crippen MR) is 89.2 cm³/mol. The third-order valence-electron chi connectivity index (χ3n) is 5.09. The first-order valence-corrected chi connectivity index (χ1v) is 8.44. The van der Waals surface area contributed by atoms with Crippen molar-refractivity contribution in [2.24, 2.45) is 7.05 Å². The van der Waals surface area contributed by atoms with Gasteiger partial charge >= 0.3 is 0 Å². The predicted octanol–water partition coefficient (Wildman–Crippen LogP) is 1.61. The molecule has 0 unspecified atom stereocenters. The van der Waals surface area contributed by atoms with Crippen molar-refractivity contribution in [2.45, 2.75) is 45.7 Å². The van der Waals surface area contributed by atoms with E-state index in [1.54, 1.807) is 0 Å². The number of hydrogen-bond donors (Lipinski definition) is 1. The number of aliphatic hydroxyl groups is 1. The minimum absolute atomic E-state index is 0.136. The first-order chi connectivity index (χ1) is 11.1. The van der Waals surface area contributed by atoms with Crippen molar-refractivity contribution >= 4 is 0 Å². The maximum atomic E-state index is 9.13. The van der Waals surface area contributed by atoms with Crippen LogP contribution in [0, 0.1) is 13.8 Å². The largest absolute Gasteiger partial charge is 0.394 e. The first-order valence-electron chi connectivity index (χ1n) is 8.44. The highest BCUT2D eigenvalue weighted by Gasteiger charge is 2.24. The van der Waals surface area contributed by atoms with Gasteiger partial charge in [-0.15, -0.1) is 0 Å². The molecule has 2 aromatic rings. The molecule has 0 spiro atoms. The van der Waals surface area contributed by atoms with Crippen LogP contribution in [0.3, 0.4) is 0 Å². The highest BCUT2D eigenvalue weighted by atomic mass is 16.3. The van der Waals surface area contributed by atoms with Gasteiger partial charge in [-0.3, -0.25) is 14.3 Å². The SMILES string of the molecule is Cc1nn(CCO)c(C)c1CN1CCC(c2ccnn2C)CC1. The Bertz CT molecular complexity index is 652. The zero-order chi connectivity index (χ0) is 16.4. The molecule has 0 amide bonds. The summed E-state index contributed by atoms with van der Waals surface area (Å²) in [6, 6.07) is 2.15. The van der Waals surface area contributed by atoms with Gasteiger partial charge < -0.3 is 5.11 Å². The van der Waals surface area contributed by atoms with Crippen molar-refractivity contribution in [1.82, 2.24) is 24.5 Å². The van der Waals surface area contributed by atoms with Gasteiger partial charge in [0.2, 0.25) is 0 Å². The Morgan fingerprint density at radius 1 is 1.26 bits per heavy atom. The average molecular weight is 317 g/mol. The van der Waals surface area contributed by atoms with Crippen molar-refractivity contribution < 1.29 is 5.11 Å². The Labute approximate surface area is 137 Å². The highest BCUT2D eigenvalue weighted by molar-refractivity contribution is 5.24. The van der Waals surface area contributed by atoms with Crippen LogP contribution in [-0.4, -0.2) is 49.3 Å². The van der Waals surface area contributed by atoms with E-state index in [0.717, 1.165) is 25.3 Å². The number of piperidine rings is 1. The molecule has 2 aromatic heterocycles. The second-order valence-corrected chi connectivity index (χ2v) is 6.53. The number of aromatic nitrogens is 4. The molecule has 126 valence electrons. The lowest BCUT2D eigenvalue weighted by Gasteiger charge is -2.32. The fourth-order valence-corrected chi connectivity index (χ4v) is 3.67. The molecule has 0 radical (unpaired) electrons. The van der Waals surface area contributed by atoms with Crippen LogP contribution in [0.2, 0.25) is 0 Å². The summed E-state index contributed by atoms with van der Waals surface area (Å²) in [6.45, 7) is 8.07. The Hall–Kier alpha value is -1.66. The molecule has 0 atom stereocenters. The lowest BCUT2D eigenvalue weighted by Crippen LogP contribution is -2.33. The highest BCUT2D eigenvalue weighted by Crippen LogP contribution is 2.28. The van der Waals surface area contributed by atoms with E-state index in [9.17, 15) is 0 Å². The normalized spacial score (nSPS) is 17.0. The fraction of sp³-hybridized carbons (Fsp3) is 0.647. The van der Waals surface area contributed by atoms with E-state index >= 15 is 0 Å². The molecule has 1 aliphatic heterocycles. The summed E-state index contributed by atoms with van der Waals surface area (Å²) >= 11 is 0. The van der Waals surface area contributed by atoms with Gasteiger partial charge in [-0.2, -0.15) is 10.2 Å². The van der Waals surface area contributed by atoms with Crippen LogP contribution in [0.4, 0.5) is 0 Å². The number of nitrogens with zero attached hydrogens (tertiary/aromatic N) is 5. The van der Waals surface area contributed by atoms with Crippen LogP contribution in [0.15, 0.2) is 12.3 Å². The van der Waals surface area contributed by atoms with E-state index in [4.69, 9.17) is 5.11 Å². The lowest BCUT2D eigenvalue weighted by atomic mass is 9.93. The van der Waals surface area contributed by atoms with Crippen LogP contribution in [0.1, 0.15) is 41.4 Å². The third kappa shape index (κ3) is 3.33. The monoisotopic (exact) mass is 317 g/mol. The number of aliphatic hydroxyl groups excluding tert-OH is 1. The Morgan fingerprint density at radius 3 is 2.61 bits per heavy atom. The van der Waals surface area contributed by atoms with E-state index in [2.05, 4.69) is 35.0 Å². The molecular weight excluding hydrogens is 290 g/mol. The molecule has 0 aliphatic carbocycles. The van der Waals surface area contributed by atoms with Crippen LogP contribution >= 0.6 is 0 Å². The minimum atomic E-state index is 0.136. The van der Waals surface area contributed by atoms with E-state index in [1.165, 1.54) is 29.8 Å². The molecule has 0 aromatic carbocycles. The second-order valence-electron chi connectivity index (χ2n) is 6.53. The topological polar surface area (TPSA) is 59.1 Å². The van der Waals surface area contributed by atoms with Crippen molar-refractivity contribution in [3.05, 3.63) is 34.9 Å². The van der Waals surface area contributed by atoms with Gasteiger partial charge in [-0.05, 0) is 45.8 Å². The van der Waals surface area contributed by atoms with Crippen molar-refractivity contribution in [1.29, 1.82) is 0 Å². The van der Waals surface area contributed by atoms with Crippen LogP contribution in [0.5, 0.6) is 0 Å². The quantitative estimate of drug-likeness (QED) is 0.910. The van der Waals surface area contributed by atoms with Crippen LogP contribution in [0.25, 0.3) is 0 Å². The van der Waals surface area contributed by atoms with Gasteiger partial charge in [0.15, 0.2) is 0 Å². The average Bonchev–Trinajstić information content (AvgIpc) is 3.07. The fourth-order valence-electron chi connectivity index (χ4n) is 3.67. The summed E-state index contributed by atoms with van der Waals surface area (Å²) in [4.78, 5) is 2.52. The molecule has 1 aliphatic rings. The maximum Gasteiger partial charge on any atom is 0.0644 e. The first kappa shape index (κ1) is 16.2. The van der Waals surface area contributed by atoms with Gasteiger partial charge in [0, 0.05) is 42.7 Å². The van der Waals surface area contributed by atoms with Gasteiger partial charge in [0.1, 0.15) is 0 Å².